The van der Waals surface area contributed by atoms with E-state index in [2.05, 4.69) is 58.3 Å². The lowest BCUT2D eigenvalue weighted by molar-refractivity contribution is 0.0907. The molecule has 3 heterocycles. The quantitative estimate of drug-likeness (QED) is 0.824. The van der Waals surface area contributed by atoms with Gasteiger partial charge in [-0.15, -0.1) is 0 Å². The highest BCUT2D eigenvalue weighted by atomic mass is 32.2. The molecule has 25 heavy (non-hydrogen) atoms. The second-order valence-corrected chi connectivity index (χ2v) is 7.10. The molecule has 130 valence electrons. The summed E-state index contributed by atoms with van der Waals surface area (Å²) in [4.78, 5) is 17.3. The molecular formula is C19H21N3O2S. The first kappa shape index (κ1) is 16.1. The molecule has 1 saturated heterocycles. The van der Waals surface area contributed by atoms with Gasteiger partial charge in [0.1, 0.15) is 0 Å². The first-order valence-electron chi connectivity index (χ1n) is 8.59. The van der Waals surface area contributed by atoms with Crippen LogP contribution in [0.15, 0.2) is 52.5 Å². The number of benzene rings is 1. The highest BCUT2D eigenvalue weighted by Gasteiger charge is 2.26. The predicted octanol–water partition coefficient (Wildman–Crippen LogP) is 3.68. The zero-order chi connectivity index (χ0) is 17.2. The summed E-state index contributed by atoms with van der Waals surface area (Å²) in [6, 6.07) is 12.7. The van der Waals surface area contributed by atoms with Crippen molar-refractivity contribution in [1.29, 1.82) is 0 Å². The molecule has 0 radical (unpaired) electrons. The summed E-state index contributed by atoms with van der Waals surface area (Å²) in [5.41, 5.74) is 2.46. The van der Waals surface area contributed by atoms with Gasteiger partial charge in [0, 0.05) is 49.0 Å². The third-order valence-electron chi connectivity index (χ3n) is 4.53. The molecule has 2 aromatic rings. The highest BCUT2D eigenvalue weighted by molar-refractivity contribution is 7.99. The van der Waals surface area contributed by atoms with Crippen molar-refractivity contribution < 1.29 is 9.53 Å². The summed E-state index contributed by atoms with van der Waals surface area (Å²) in [6.07, 6.45) is 4.08. The summed E-state index contributed by atoms with van der Waals surface area (Å²) in [5.74, 6) is 0. The van der Waals surface area contributed by atoms with E-state index in [9.17, 15) is 4.79 Å². The minimum atomic E-state index is -0.208. The van der Waals surface area contributed by atoms with Crippen LogP contribution in [0, 0.1) is 0 Å². The number of nitrogens with zero attached hydrogens (tertiary/aromatic N) is 3. The van der Waals surface area contributed by atoms with Crippen molar-refractivity contribution in [2.24, 2.45) is 0 Å². The highest BCUT2D eigenvalue weighted by Crippen LogP contribution is 2.39. The lowest BCUT2D eigenvalue weighted by atomic mass is 10.1. The first-order chi connectivity index (χ1) is 12.3. The summed E-state index contributed by atoms with van der Waals surface area (Å²) < 4.78 is 7.30. The summed E-state index contributed by atoms with van der Waals surface area (Å²) in [6.45, 7) is 5.24. The van der Waals surface area contributed by atoms with Gasteiger partial charge in [-0.3, -0.25) is 0 Å². The number of fused-ring (bicyclic) bond motifs is 2. The molecule has 0 N–H and O–H groups in total. The smallest absolute Gasteiger partial charge is 0.409 e. The van der Waals surface area contributed by atoms with Crippen LogP contribution in [0.2, 0.25) is 0 Å². The van der Waals surface area contributed by atoms with E-state index in [1.807, 2.05) is 6.92 Å². The topological polar surface area (TPSA) is 37.7 Å². The molecule has 2 aliphatic rings. The molecule has 1 fully saturated rings. The summed E-state index contributed by atoms with van der Waals surface area (Å²) in [5, 5.41) is 1.22. The minimum absolute atomic E-state index is 0.208. The van der Waals surface area contributed by atoms with Crippen LogP contribution in [0.3, 0.4) is 0 Å². The van der Waals surface area contributed by atoms with Crippen molar-refractivity contribution in [3.63, 3.8) is 0 Å². The van der Waals surface area contributed by atoms with Crippen molar-refractivity contribution in [1.82, 2.24) is 14.4 Å². The fourth-order valence-corrected chi connectivity index (χ4v) is 4.27. The van der Waals surface area contributed by atoms with Crippen LogP contribution < -0.4 is 0 Å². The second-order valence-electron chi connectivity index (χ2n) is 6.04. The largest absolute Gasteiger partial charge is 0.450 e. The average Bonchev–Trinajstić information content (AvgIpc) is 3.01. The van der Waals surface area contributed by atoms with Gasteiger partial charge in [-0.2, -0.15) is 0 Å². The molecule has 1 aromatic carbocycles. The molecule has 0 aliphatic carbocycles. The van der Waals surface area contributed by atoms with Gasteiger partial charge < -0.3 is 19.1 Å². The molecule has 0 atom stereocenters. The van der Waals surface area contributed by atoms with Crippen molar-refractivity contribution in [3.05, 3.63) is 48.2 Å². The molecule has 4 rings (SSSR count). The standard InChI is InChI=1S/C19H21N3O2S/c1-2-24-19(23)21-12-10-20(11-13-21)16-14-22-9-5-8-18(22)25-17-7-4-3-6-15(16)17/h3-9,14H,2,10-13H2,1H3. The Kier molecular flexibility index (Phi) is 4.44. The molecule has 0 spiro atoms. The van der Waals surface area contributed by atoms with Crippen molar-refractivity contribution in [2.45, 2.75) is 16.8 Å². The number of rotatable bonds is 2. The van der Waals surface area contributed by atoms with E-state index in [0.717, 1.165) is 13.1 Å². The van der Waals surface area contributed by atoms with E-state index in [4.69, 9.17) is 4.74 Å². The number of piperazine rings is 1. The molecule has 1 aromatic heterocycles. The van der Waals surface area contributed by atoms with Crippen molar-refractivity contribution >= 4 is 29.8 Å². The van der Waals surface area contributed by atoms with Crippen LogP contribution in [-0.4, -0.2) is 53.2 Å². The molecule has 0 saturated carbocycles. The van der Waals surface area contributed by atoms with Gasteiger partial charge in [0.25, 0.3) is 0 Å². The maximum Gasteiger partial charge on any atom is 0.409 e. The maximum atomic E-state index is 11.9. The molecule has 1 amide bonds. The average molecular weight is 355 g/mol. The van der Waals surface area contributed by atoms with Gasteiger partial charge in [-0.05, 0) is 25.1 Å². The fraction of sp³-hybridized carbons (Fsp3) is 0.316. The Labute approximate surface area is 151 Å². The lowest BCUT2D eigenvalue weighted by Gasteiger charge is -2.36. The Morgan fingerprint density at radius 1 is 1.12 bits per heavy atom. The van der Waals surface area contributed by atoms with Crippen LogP contribution in [0.4, 0.5) is 4.79 Å². The normalized spacial score (nSPS) is 16.6. The van der Waals surface area contributed by atoms with E-state index < -0.39 is 0 Å². The SMILES string of the molecule is CCOC(=O)N1CCN(C2=Cn3cccc3Sc3ccccc32)CC1. The van der Waals surface area contributed by atoms with Gasteiger partial charge >= 0.3 is 6.09 Å². The molecular weight excluding hydrogens is 334 g/mol. The minimum Gasteiger partial charge on any atom is -0.450 e. The van der Waals surface area contributed by atoms with Gasteiger partial charge in [0.2, 0.25) is 0 Å². The fourth-order valence-electron chi connectivity index (χ4n) is 3.25. The molecule has 2 aliphatic heterocycles. The Balaban J connectivity index is 1.61. The molecule has 5 nitrogen and oxygen atoms in total. The van der Waals surface area contributed by atoms with E-state index >= 15 is 0 Å². The maximum absolute atomic E-state index is 11.9. The number of carbonyl (C=O) groups excluding carboxylic acids is 1. The number of carbonyl (C=O) groups is 1. The van der Waals surface area contributed by atoms with Crippen LogP contribution in [0.25, 0.3) is 11.9 Å². The monoisotopic (exact) mass is 355 g/mol. The molecule has 6 heteroatoms. The number of hydrogen-bond acceptors (Lipinski definition) is 4. The van der Waals surface area contributed by atoms with Crippen molar-refractivity contribution in [2.75, 3.05) is 32.8 Å². The van der Waals surface area contributed by atoms with Crippen LogP contribution in [-0.2, 0) is 4.74 Å². The van der Waals surface area contributed by atoms with Gasteiger partial charge in [0.05, 0.1) is 17.3 Å². The Bertz CT molecular complexity index is 807. The van der Waals surface area contributed by atoms with Gasteiger partial charge in [-0.1, -0.05) is 30.0 Å². The van der Waals surface area contributed by atoms with Crippen LogP contribution in [0.5, 0.6) is 0 Å². The third kappa shape index (κ3) is 3.14. The first-order valence-corrected chi connectivity index (χ1v) is 9.40. The number of aromatic nitrogens is 1. The van der Waals surface area contributed by atoms with Crippen LogP contribution in [0.1, 0.15) is 12.5 Å². The predicted molar refractivity (Wildman–Crippen MR) is 99.3 cm³/mol. The summed E-state index contributed by atoms with van der Waals surface area (Å²) >= 11 is 1.79. The second kappa shape index (κ2) is 6.88. The van der Waals surface area contributed by atoms with Gasteiger partial charge in [0.15, 0.2) is 0 Å². The zero-order valence-corrected chi connectivity index (χ0v) is 15.0. The Morgan fingerprint density at radius 3 is 2.72 bits per heavy atom. The van der Waals surface area contributed by atoms with E-state index in [0.29, 0.717) is 19.7 Å². The number of ether oxygens (including phenoxy) is 1. The number of hydrogen-bond donors (Lipinski definition) is 0. The molecule has 0 unspecified atom stereocenters. The molecule has 0 bridgehead atoms. The lowest BCUT2D eigenvalue weighted by Crippen LogP contribution is -2.48. The van der Waals surface area contributed by atoms with Crippen molar-refractivity contribution in [3.8, 4) is 0 Å². The van der Waals surface area contributed by atoms with Crippen LogP contribution >= 0.6 is 11.8 Å². The summed E-state index contributed by atoms with van der Waals surface area (Å²) in [7, 11) is 0. The van der Waals surface area contributed by atoms with E-state index in [1.165, 1.54) is 21.2 Å². The Hall–Kier alpha value is -2.34. The van der Waals surface area contributed by atoms with E-state index in [1.54, 1.807) is 16.7 Å². The third-order valence-corrected chi connectivity index (χ3v) is 5.66. The Morgan fingerprint density at radius 2 is 1.92 bits per heavy atom. The zero-order valence-electron chi connectivity index (χ0n) is 14.2. The van der Waals surface area contributed by atoms with E-state index in [-0.39, 0.29) is 6.09 Å². The van der Waals surface area contributed by atoms with Gasteiger partial charge in [-0.25, -0.2) is 4.79 Å². The number of amides is 1.